The highest BCUT2D eigenvalue weighted by atomic mass is 35.5. The smallest absolute Gasteiger partial charge is 0.134 e. The van der Waals surface area contributed by atoms with Crippen molar-refractivity contribution < 1.29 is 4.74 Å². The zero-order valence-corrected chi connectivity index (χ0v) is 13.2. The average Bonchev–Trinajstić information content (AvgIpc) is 2.33. The van der Waals surface area contributed by atoms with Crippen LogP contribution >= 0.6 is 11.6 Å². The first-order valence-electron chi connectivity index (χ1n) is 6.50. The fraction of sp³-hybridized carbons (Fsp3) is 0.714. The number of hydrogen-bond acceptors (Lipinski definition) is 4. The van der Waals surface area contributed by atoms with Gasteiger partial charge in [-0.15, -0.1) is 0 Å². The minimum Gasteiger partial charge on any atom is -0.378 e. The highest BCUT2D eigenvalue weighted by Crippen LogP contribution is 2.54. The van der Waals surface area contributed by atoms with Crippen molar-refractivity contribution in [2.75, 3.05) is 19.1 Å². The van der Waals surface area contributed by atoms with E-state index in [1.165, 1.54) is 0 Å². The molecule has 2 rings (SSSR count). The number of nitrogens with zero attached hydrogens (tertiary/aromatic N) is 3. The maximum atomic E-state index is 6.01. The van der Waals surface area contributed by atoms with Gasteiger partial charge in [0.15, 0.2) is 0 Å². The van der Waals surface area contributed by atoms with E-state index < -0.39 is 0 Å². The lowest BCUT2D eigenvalue weighted by atomic mass is 9.55. The number of aryl methyl sites for hydroxylation is 1. The van der Waals surface area contributed by atoms with Gasteiger partial charge >= 0.3 is 0 Å². The largest absolute Gasteiger partial charge is 0.378 e. The van der Waals surface area contributed by atoms with Crippen LogP contribution in [-0.4, -0.2) is 35.8 Å². The van der Waals surface area contributed by atoms with E-state index in [1.54, 1.807) is 7.11 Å². The van der Waals surface area contributed by atoms with Crippen molar-refractivity contribution in [1.29, 1.82) is 0 Å². The van der Waals surface area contributed by atoms with Crippen molar-refractivity contribution in [1.82, 2.24) is 9.97 Å². The Morgan fingerprint density at radius 1 is 1.37 bits per heavy atom. The number of anilines is 1. The number of halogens is 1. The molecule has 1 aliphatic rings. The first-order valence-corrected chi connectivity index (χ1v) is 6.88. The fourth-order valence-corrected chi connectivity index (χ4v) is 3.15. The minimum absolute atomic E-state index is 0.0574. The summed E-state index contributed by atoms with van der Waals surface area (Å²) in [6.07, 6.45) is 0.980. The van der Waals surface area contributed by atoms with Crippen molar-refractivity contribution in [2.24, 2.45) is 5.41 Å². The number of methoxy groups -OCH3 is 1. The topological polar surface area (TPSA) is 38.2 Å². The third-order valence-corrected chi connectivity index (χ3v) is 5.05. The molecule has 0 bridgehead atoms. The first kappa shape index (κ1) is 14.5. The quantitative estimate of drug-likeness (QED) is 0.799. The van der Waals surface area contributed by atoms with Gasteiger partial charge in [0.1, 0.15) is 16.8 Å². The summed E-state index contributed by atoms with van der Waals surface area (Å²) in [6, 6.07) is 2.19. The summed E-state index contributed by atoms with van der Waals surface area (Å²) >= 11 is 6.01. The summed E-state index contributed by atoms with van der Waals surface area (Å²) in [5, 5.41) is 0.487. The van der Waals surface area contributed by atoms with Crippen LogP contribution in [0.5, 0.6) is 0 Å². The molecule has 2 unspecified atom stereocenters. The third-order valence-electron chi connectivity index (χ3n) is 4.85. The van der Waals surface area contributed by atoms with E-state index in [0.717, 1.165) is 12.2 Å². The Balaban J connectivity index is 2.25. The Morgan fingerprint density at radius 2 is 2.00 bits per heavy atom. The monoisotopic (exact) mass is 283 g/mol. The second-order valence-electron chi connectivity index (χ2n) is 6.08. The Hall–Kier alpha value is -0.870. The van der Waals surface area contributed by atoms with Gasteiger partial charge in [-0.25, -0.2) is 9.97 Å². The SMILES string of the molecule is COC1(C)CC(N(C)c2cc(Cl)nc(C)n2)C1(C)C. The highest BCUT2D eigenvalue weighted by Gasteiger charge is 2.59. The molecule has 0 aromatic carbocycles. The van der Waals surface area contributed by atoms with E-state index in [1.807, 2.05) is 13.0 Å². The van der Waals surface area contributed by atoms with Crippen molar-refractivity contribution in [2.45, 2.75) is 45.8 Å². The third kappa shape index (κ3) is 2.21. The van der Waals surface area contributed by atoms with Crippen LogP contribution in [0.2, 0.25) is 5.15 Å². The lowest BCUT2D eigenvalue weighted by Gasteiger charge is -2.61. The van der Waals surface area contributed by atoms with Crippen molar-refractivity contribution in [3.05, 3.63) is 17.0 Å². The molecule has 0 radical (unpaired) electrons. The van der Waals surface area contributed by atoms with Gasteiger partial charge in [0.2, 0.25) is 0 Å². The standard InChI is InChI=1S/C14H22ClN3O/c1-9-16-11(15)7-12(17-9)18(5)10-8-14(4,19-6)13(10,2)3/h7,10H,8H2,1-6H3. The second-order valence-corrected chi connectivity index (χ2v) is 6.47. The summed E-state index contributed by atoms with van der Waals surface area (Å²) in [4.78, 5) is 10.8. The molecule has 1 heterocycles. The van der Waals surface area contributed by atoms with Crippen LogP contribution in [0.4, 0.5) is 5.82 Å². The van der Waals surface area contributed by atoms with Crippen LogP contribution in [0.15, 0.2) is 6.07 Å². The number of aromatic nitrogens is 2. The number of ether oxygens (including phenoxy) is 1. The van der Waals surface area contributed by atoms with E-state index in [2.05, 4.69) is 42.7 Å². The zero-order valence-electron chi connectivity index (χ0n) is 12.5. The van der Waals surface area contributed by atoms with Gasteiger partial charge in [0.25, 0.3) is 0 Å². The Kier molecular flexibility index (Phi) is 3.52. The van der Waals surface area contributed by atoms with Crippen LogP contribution in [-0.2, 0) is 4.74 Å². The molecule has 0 spiro atoms. The van der Waals surface area contributed by atoms with E-state index in [9.17, 15) is 0 Å². The van der Waals surface area contributed by atoms with Crippen LogP contribution in [0.3, 0.4) is 0 Å². The summed E-state index contributed by atoms with van der Waals surface area (Å²) in [6.45, 7) is 8.48. The van der Waals surface area contributed by atoms with Crippen LogP contribution in [0.1, 0.15) is 33.0 Å². The molecule has 0 aliphatic heterocycles. The highest BCUT2D eigenvalue weighted by molar-refractivity contribution is 6.29. The van der Waals surface area contributed by atoms with E-state index >= 15 is 0 Å². The Bertz CT molecular complexity index is 471. The predicted octanol–water partition coefficient (Wildman–Crippen LogP) is 3.08. The summed E-state index contributed by atoms with van der Waals surface area (Å²) < 4.78 is 5.67. The molecule has 0 saturated heterocycles. The molecular formula is C14H22ClN3O. The average molecular weight is 284 g/mol. The molecule has 4 nitrogen and oxygen atoms in total. The molecule has 0 amide bonds. The van der Waals surface area contributed by atoms with Gasteiger partial charge in [-0.05, 0) is 20.3 Å². The van der Waals surface area contributed by atoms with E-state index in [0.29, 0.717) is 17.0 Å². The second kappa shape index (κ2) is 4.60. The first-order chi connectivity index (χ1) is 8.71. The van der Waals surface area contributed by atoms with E-state index in [-0.39, 0.29) is 11.0 Å². The lowest BCUT2D eigenvalue weighted by Crippen LogP contribution is -2.68. The molecular weight excluding hydrogens is 262 g/mol. The molecule has 1 fully saturated rings. The zero-order chi connectivity index (χ0) is 14.4. The molecule has 1 aromatic heterocycles. The molecule has 19 heavy (non-hydrogen) atoms. The van der Waals surface area contributed by atoms with Crippen molar-refractivity contribution in [3.63, 3.8) is 0 Å². The maximum Gasteiger partial charge on any atom is 0.134 e. The van der Waals surface area contributed by atoms with Crippen LogP contribution in [0.25, 0.3) is 0 Å². The lowest BCUT2D eigenvalue weighted by molar-refractivity contribution is -0.172. The molecule has 1 saturated carbocycles. The van der Waals surface area contributed by atoms with Gasteiger partial charge in [0.05, 0.1) is 5.60 Å². The van der Waals surface area contributed by atoms with Gasteiger partial charge < -0.3 is 9.64 Å². The van der Waals surface area contributed by atoms with Gasteiger partial charge in [-0.2, -0.15) is 0 Å². The van der Waals surface area contributed by atoms with Crippen LogP contribution in [0, 0.1) is 12.3 Å². The molecule has 106 valence electrons. The van der Waals surface area contributed by atoms with Gasteiger partial charge in [-0.3, -0.25) is 0 Å². The van der Waals surface area contributed by atoms with Crippen molar-refractivity contribution in [3.8, 4) is 0 Å². The number of rotatable bonds is 3. The molecule has 1 aromatic rings. The Morgan fingerprint density at radius 3 is 2.47 bits per heavy atom. The summed E-state index contributed by atoms with van der Waals surface area (Å²) in [5.74, 6) is 1.56. The molecule has 2 atom stereocenters. The molecule has 0 N–H and O–H groups in total. The summed E-state index contributed by atoms with van der Waals surface area (Å²) in [5.41, 5.74) is -0.0281. The molecule has 1 aliphatic carbocycles. The predicted molar refractivity (Wildman–Crippen MR) is 77.8 cm³/mol. The number of hydrogen-bond donors (Lipinski definition) is 0. The molecule has 5 heteroatoms. The minimum atomic E-state index is -0.0855. The van der Waals surface area contributed by atoms with E-state index in [4.69, 9.17) is 16.3 Å². The normalized spacial score (nSPS) is 28.9. The van der Waals surface area contributed by atoms with Gasteiger partial charge in [0, 0.05) is 31.7 Å². The summed E-state index contributed by atoms with van der Waals surface area (Å²) in [7, 11) is 3.84. The van der Waals surface area contributed by atoms with Gasteiger partial charge in [-0.1, -0.05) is 25.4 Å². The van der Waals surface area contributed by atoms with Crippen molar-refractivity contribution >= 4 is 17.4 Å². The van der Waals surface area contributed by atoms with Crippen LogP contribution < -0.4 is 4.90 Å². The Labute approximate surface area is 120 Å². The fourth-order valence-electron chi connectivity index (χ4n) is 2.93. The maximum absolute atomic E-state index is 6.01.